The normalized spacial score (nSPS) is 10.8. The Bertz CT molecular complexity index is 775. The molecule has 0 radical (unpaired) electrons. The van der Waals surface area contributed by atoms with Gasteiger partial charge in [-0.05, 0) is 18.6 Å². The van der Waals surface area contributed by atoms with Crippen LogP contribution in [0, 0.1) is 0 Å². The van der Waals surface area contributed by atoms with E-state index in [9.17, 15) is 9.90 Å². The second-order valence-electron chi connectivity index (χ2n) is 9.10. The molecule has 186 valence electrons. The Kier molecular flexibility index (Phi) is 16.1. The van der Waals surface area contributed by atoms with Gasteiger partial charge in [-0.25, -0.2) is 0 Å². The van der Waals surface area contributed by atoms with Crippen LogP contribution >= 0.6 is 0 Å². The number of phenolic OH excluding ortho intramolecular Hbond substituents is 1. The standard InChI is InChI=1S/C28H44N2O2.CH4/c1-2-3-4-5-6-7-8-9-10-11-12-13-14-15-16-17-22-30-28(32)25-21-20-24-19-18-23-29-26(24)27(25)31;/h18-21,23,31H,2-17,22H2,1H3,(H,30,32);1H4. The van der Waals surface area contributed by atoms with Gasteiger partial charge in [-0.3, -0.25) is 9.78 Å². The molecule has 1 amide bonds. The molecular weight excluding hydrogens is 408 g/mol. The molecule has 1 aromatic heterocycles. The molecule has 0 fully saturated rings. The third-order valence-electron chi connectivity index (χ3n) is 6.31. The molecule has 0 saturated carbocycles. The summed E-state index contributed by atoms with van der Waals surface area (Å²) in [5.41, 5.74) is 0.773. The Morgan fingerprint density at radius 2 is 1.30 bits per heavy atom. The molecule has 2 N–H and O–H groups in total. The number of nitrogens with one attached hydrogen (secondary N) is 1. The zero-order valence-electron chi connectivity index (χ0n) is 20.2. The van der Waals surface area contributed by atoms with E-state index >= 15 is 0 Å². The van der Waals surface area contributed by atoms with Crippen molar-refractivity contribution in [1.29, 1.82) is 0 Å². The fourth-order valence-electron chi connectivity index (χ4n) is 4.28. The van der Waals surface area contributed by atoms with Crippen LogP contribution in [-0.2, 0) is 0 Å². The minimum Gasteiger partial charge on any atom is -0.505 e. The van der Waals surface area contributed by atoms with E-state index in [-0.39, 0.29) is 19.1 Å². The number of carbonyl (C=O) groups is 1. The Balaban J connectivity index is 0.00000544. The largest absolute Gasteiger partial charge is 0.505 e. The molecule has 0 bridgehead atoms. The van der Waals surface area contributed by atoms with Gasteiger partial charge < -0.3 is 10.4 Å². The minimum absolute atomic E-state index is 0. The molecule has 2 aromatic rings. The fourth-order valence-corrected chi connectivity index (χ4v) is 4.28. The Hall–Kier alpha value is -2.10. The number of pyridine rings is 1. The monoisotopic (exact) mass is 456 g/mol. The van der Waals surface area contributed by atoms with E-state index in [1.165, 1.54) is 89.9 Å². The van der Waals surface area contributed by atoms with Crippen LogP contribution in [0.15, 0.2) is 30.5 Å². The van der Waals surface area contributed by atoms with Gasteiger partial charge in [0.15, 0.2) is 5.75 Å². The van der Waals surface area contributed by atoms with Gasteiger partial charge in [0.05, 0.1) is 5.56 Å². The SMILES string of the molecule is C.CCCCCCCCCCCCCCCCCCNC(=O)c1ccc2cccnc2c1O. The zero-order valence-corrected chi connectivity index (χ0v) is 20.2. The van der Waals surface area contributed by atoms with E-state index in [4.69, 9.17) is 0 Å². The van der Waals surface area contributed by atoms with Crippen LogP contribution in [0.2, 0.25) is 0 Å². The number of fused-ring (bicyclic) bond motifs is 1. The van der Waals surface area contributed by atoms with Crippen molar-refractivity contribution in [3.63, 3.8) is 0 Å². The van der Waals surface area contributed by atoms with Gasteiger partial charge in [0.25, 0.3) is 5.91 Å². The number of carbonyl (C=O) groups excluding carboxylic acids is 1. The molecule has 4 nitrogen and oxygen atoms in total. The first-order valence-electron chi connectivity index (χ1n) is 13.1. The summed E-state index contributed by atoms with van der Waals surface area (Å²) in [6.07, 6.45) is 23.1. The predicted octanol–water partition coefficient (Wildman–Crippen LogP) is 8.57. The first kappa shape index (κ1) is 28.9. The van der Waals surface area contributed by atoms with Crippen LogP contribution in [0.3, 0.4) is 0 Å². The van der Waals surface area contributed by atoms with Gasteiger partial charge in [0.2, 0.25) is 0 Å². The molecule has 0 spiro atoms. The Labute approximate surface area is 202 Å². The number of hydrogen-bond donors (Lipinski definition) is 2. The van der Waals surface area contributed by atoms with Gasteiger partial charge >= 0.3 is 0 Å². The van der Waals surface area contributed by atoms with Crippen molar-refractivity contribution in [2.75, 3.05) is 6.54 Å². The van der Waals surface area contributed by atoms with Crippen molar-refractivity contribution in [2.45, 2.75) is 117 Å². The van der Waals surface area contributed by atoms with Crippen molar-refractivity contribution in [3.05, 3.63) is 36.0 Å². The van der Waals surface area contributed by atoms with Crippen LogP contribution in [0.1, 0.15) is 127 Å². The van der Waals surface area contributed by atoms with E-state index in [1.807, 2.05) is 18.2 Å². The summed E-state index contributed by atoms with van der Waals surface area (Å²) < 4.78 is 0. The molecule has 0 saturated heterocycles. The third-order valence-corrected chi connectivity index (χ3v) is 6.31. The molecule has 33 heavy (non-hydrogen) atoms. The lowest BCUT2D eigenvalue weighted by Crippen LogP contribution is -2.24. The lowest BCUT2D eigenvalue weighted by atomic mass is 10.0. The van der Waals surface area contributed by atoms with E-state index in [0.717, 1.165) is 18.2 Å². The summed E-state index contributed by atoms with van der Waals surface area (Å²) in [5.74, 6) is -0.261. The van der Waals surface area contributed by atoms with Crippen molar-refractivity contribution in [3.8, 4) is 5.75 Å². The van der Waals surface area contributed by atoms with E-state index in [0.29, 0.717) is 17.6 Å². The molecule has 1 aromatic carbocycles. The molecule has 1 heterocycles. The third kappa shape index (κ3) is 11.5. The first-order chi connectivity index (χ1) is 15.7. The lowest BCUT2D eigenvalue weighted by molar-refractivity contribution is 0.0950. The molecular formula is C29H48N2O2. The highest BCUT2D eigenvalue weighted by Crippen LogP contribution is 2.26. The molecule has 0 aliphatic rings. The van der Waals surface area contributed by atoms with Crippen molar-refractivity contribution < 1.29 is 9.90 Å². The second kappa shape index (κ2) is 18.3. The van der Waals surface area contributed by atoms with E-state index in [2.05, 4.69) is 17.2 Å². The smallest absolute Gasteiger partial charge is 0.255 e. The number of amides is 1. The number of nitrogens with zero attached hydrogens (tertiary/aromatic N) is 1. The lowest BCUT2D eigenvalue weighted by Gasteiger charge is -2.08. The number of rotatable bonds is 18. The summed E-state index contributed by atoms with van der Waals surface area (Å²) in [4.78, 5) is 16.5. The number of aromatic nitrogens is 1. The van der Waals surface area contributed by atoms with Gasteiger partial charge in [-0.15, -0.1) is 0 Å². The van der Waals surface area contributed by atoms with E-state index < -0.39 is 0 Å². The fraction of sp³-hybridized carbons (Fsp3) is 0.655. The highest BCUT2D eigenvalue weighted by molar-refractivity contribution is 6.02. The van der Waals surface area contributed by atoms with Gasteiger partial charge in [0, 0.05) is 18.1 Å². The molecule has 0 atom stereocenters. The predicted molar refractivity (Wildman–Crippen MR) is 142 cm³/mol. The molecule has 0 aliphatic heterocycles. The van der Waals surface area contributed by atoms with E-state index in [1.54, 1.807) is 12.3 Å². The second-order valence-corrected chi connectivity index (χ2v) is 9.10. The van der Waals surface area contributed by atoms with Gasteiger partial charge in [-0.1, -0.05) is 123 Å². The maximum Gasteiger partial charge on any atom is 0.255 e. The van der Waals surface area contributed by atoms with Gasteiger partial charge in [-0.2, -0.15) is 0 Å². The number of unbranched alkanes of at least 4 members (excludes halogenated alkanes) is 15. The topological polar surface area (TPSA) is 62.2 Å². The Morgan fingerprint density at radius 1 is 0.788 bits per heavy atom. The van der Waals surface area contributed by atoms with Gasteiger partial charge in [0.1, 0.15) is 5.52 Å². The van der Waals surface area contributed by atoms with Crippen molar-refractivity contribution >= 4 is 16.8 Å². The highest BCUT2D eigenvalue weighted by atomic mass is 16.3. The number of phenols is 1. The number of benzene rings is 1. The summed E-state index contributed by atoms with van der Waals surface area (Å²) in [7, 11) is 0. The van der Waals surface area contributed by atoms with Crippen molar-refractivity contribution in [1.82, 2.24) is 10.3 Å². The molecule has 2 rings (SSSR count). The first-order valence-corrected chi connectivity index (χ1v) is 13.1. The summed E-state index contributed by atoms with van der Waals surface area (Å²) >= 11 is 0. The van der Waals surface area contributed by atoms with Crippen LogP contribution in [0.4, 0.5) is 0 Å². The van der Waals surface area contributed by atoms with Crippen molar-refractivity contribution in [2.24, 2.45) is 0 Å². The maximum atomic E-state index is 12.4. The maximum absolute atomic E-state index is 12.4. The van der Waals surface area contributed by atoms with Crippen LogP contribution in [-0.4, -0.2) is 22.5 Å². The van der Waals surface area contributed by atoms with Crippen LogP contribution < -0.4 is 5.32 Å². The summed E-state index contributed by atoms with van der Waals surface area (Å²) in [6, 6.07) is 7.19. The highest BCUT2D eigenvalue weighted by Gasteiger charge is 2.13. The molecule has 0 unspecified atom stereocenters. The summed E-state index contributed by atoms with van der Waals surface area (Å²) in [5, 5.41) is 14.1. The minimum atomic E-state index is -0.226. The molecule has 0 aliphatic carbocycles. The molecule has 4 heteroatoms. The average Bonchev–Trinajstić information content (AvgIpc) is 2.81. The summed E-state index contributed by atoms with van der Waals surface area (Å²) in [6.45, 7) is 2.93. The Morgan fingerprint density at radius 3 is 1.85 bits per heavy atom. The quantitative estimate of drug-likeness (QED) is 0.221. The number of aromatic hydroxyl groups is 1. The van der Waals surface area contributed by atoms with Crippen LogP contribution in [0.5, 0.6) is 5.75 Å². The van der Waals surface area contributed by atoms with Crippen LogP contribution in [0.25, 0.3) is 10.9 Å². The number of hydrogen-bond acceptors (Lipinski definition) is 3. The zero-order chi connectivity index (χ0) is 22.9. The average molecular weight is 457 g/mol.